The van der Waals surface area contributed by atoms with Crippen LogP contribution in [0.25, 0.3) is 0 Å². The first-order valence-corrected chi connectivity index (χ1v) is 11.4. The molecule has 2 N–H and O–H groups in total. The Morgan fingerprint density at radius 1 is 1.09 bits per heavy atom. The molecule has 1 atom stereocenters. The number of aliphatic imine (C=N–C) groups is 1. The zero-order valence-electron chi connectivity index (χ0n) is 19.8. The first kappa shape index (κ1) is 26.8. The number of hydrogen-bond acceptors (Lipinski definition) is 5. The molecule has 0 amide bonds. The highest BCUT2D eigenvalue weighted by Crippen LogP contribution is 2.19. The first-order chi connectivity index (χ1) is 15.7. The zero-order valence-corrected chi connectivity index (χ0v) is 22.1. The lowest BCUT2D eigenvalue weighted by molar-refractivity contribution is 0.219. The smallest absolute Gasteiger partial charge is 0.191 e. The van der Waals surface area contributed by atoms with E-state index in [4.69, 9.17) is 9.41 Å². The molecular formula is C24H36IN7O. The standard InChI is InChI=1S/C24H35N7O.HI/c1-4-23-29-28-19-31(23)15-14-25-24(26-17-21-13-10-16-32-21)27-18-22(30(5-2)6-3)20-11-8-7-9-12-20;/h7-13,16,19,22H,4-6,14-15,17-18H2,1-3H3,(H2,25,26,27);1H. The summed E-state index contributed by atoms with van der Waals surface area (Å²) in [4.78, 5) is 7.20. The first-order valence-electron chi connectivity index (χ1n) is 11.4. The highest BCUT2D eigenvalue weighted by atomic mass is 127. The molecule has 0 saturated heterocycles. The zero-order chi connectivity index (χ0) is 22.6. The second kappa shape index (κ2) is 14.7. The van der Waals surface area contributed by atoms with Gasteiger partial charge in [-0.25, -0.2) is 4.99 Å². The molecule has 1 unspecified atom stereocenters. The highest BCUT2D eigenvalue weighted by Gasteiger charge is 2.18. The van der Waals surface area contributed by atoms with Gasteiger partial charge >= 0.3 is 0 Å². The maximum Gasteiger partial charge on any atom is 0.191 e. The SMILES string of the molecule is CCc1nncn1CCNC(=NCc1ccco1)NCC(c1ccccc1)N(CC)CC.I. The van der Waals surface area contributed by atoms with Gasteiger partial charge in [0.05, 0.1) is 12.3 Å². The van der Waals surface area contributed by atoms with Crippen molar-refractivity contribution >= 4 is 29.9 Å². The minimum Gasteiger partial charge on any atom is -0.467 e. The summed E-state index contributed by atoms with van der Waals surface area (Å²) in [5, 5.41) is 15.2. The van der Waals surface area contributed by atoms with Crippen LogP contribution in [0.1, 0.15) is 44.0 Å². The Bertz CT molecular complexity index is 923. The van der Waals surface area contributed by atoms with E-state index in [9.17, 15) is 0 Å². The van der Waals surface area contributed by atoms with Gasteiger partial charge in [0, 0.05) is 26.1 Å². The van der Waals surface area contributed by atoms with Gasteiger partial charge in [-0.2, -0.15) is 0 Å². The molecule has 2 heterocycles. The number of rotatable bonds is 12. The lowest BCUT2D eigenvalue weighted by Gasteiger charge is -2.31. The molecule has 0 bridgehead atoms. The molecule has 2 aromatic heterocycles. The Morgan fingerprint density at radius 3 is 2.55 bits per heavy atom. The number of nitrogens with one attached hydrogen (secondary N) is 2. The summed E-state index contributed by atoms with van der Waals surface area (Å²) in [6, 6.07) is 14.7. The summed E-state index contributed by atoms with van der Waals surface area (Å²) in [5.74, 6) is 2.58. The summed E-state index contributed by atoms with van der Waals surface area (Å²) in [5.41, 5.74) is 1.30. The van der Waals surface area contributed by atoms with Crippen LogP contribution in [0, 0.1) is 0 Å². The third-order valence-corrected chi connectivity index (χ3v) is 5.53. The molecule has 0 aliphatic carbocycles. The number of benzene rings is 1. The lowest BCUT2D eigenvalue weighted by Crippen LogP contribution is -2.44. The van der Waals surface area contributed by atoms with Gasteiger partial charge in [-0.15, -0.1) is 34.2 Å². The van der Waals surface area contributed by atoms with Gasteiger partial charge in [-0.05, 0) is 30.8 Å². The van der Waals surface area contributed by atoms with Gasteiger partial charge < -0.3 is 19.6 Å². The normalized spacial score (nSPS) is 12.4. The van der Waals surface area contributed by atoms with E-state index >= 15 is 0 Å². The van der Waals surface area contributed by atoms with Crippen LogP contribution in [0.5, 0.6) is 0 Å². The maximum absolute atomic E-state index is 5.45. The number of nitrogens with zero attached hydrogens (tertiary/aromatic N) is 5. The van der Waals surface area contributed by atoms with Crippen molar-refractivity contribution in [2.45, 2.75) is 46.3 Å². The van der Waals surface area contributed by atoms with Gasteiger partial charge in [0.1, 0.15) is 24.5 Å². The molecule has 9 heteroatoms. The number of likely N-dealkylation sites (N-methyl/N-ethyl adjacent to an activating group) is 1. The molecule has 0 spiro atoms. The summed E-state index contributed by atoms with van der Waals surface area (Å²) < 4.78 is 7.52. The predicted molar refractivity (Wildman–Crippen MR) is 143 cm³/mol. The fourth-order valence-electron chi connectivity index (χ4n) is 3.76. The largest absolute Gasteiger partial charge is 0.467 e. The number of hydrogen-bond donors (Lipinski definition) is 2. The minimum absolute atomic E-state index is 0. The van der Waals surface area contributed by atoms with Gasteiger partial charge in [0.25, 0.3) is 0 Å². The van der Waals surface area contributed by atoms with Crippen molar-refractivity contribution in [1.29, 1.82) is 0 Å². The molecule has 0 aliphatic rings. The van der Waals surface area contributed by atoms with Crippen molar-refractivity contribution in [1.82, 2.24) is 30.3 Å². The van der Waals surface area contributed by atoms with E-state index in [-0.39, 0.29) is 30.0 Å². The van der Waals surface area contributed by atoms with Crippen molar-refractivity contribution < 1.29 is 4.42 Å². The van der Waals surface area contributed by atoms with Crippen LogP contribution in [-0.4, -0.2) is 51.8 Å². The van der Waals surface area contributed by atoms with Crippen molar-refractivity contribution in [3.05, 3.63) is 72.2 Å². The molecule has 0 fully saturated rings. The number of aryl methyl sites for hydroxylation is 1. The summed E-state index contributed by atoms with van der Waals surface area (Å²) in [7, 11) is 0. The van der Waals surface area contributed by atoms with Crippen LogP contribution in [0.2, 0.25) is 0 Å². The Labute approximate surface area is 213 Å². The third kappa shape index (κ3) is 8.15. The molecular weight excluding hydrogens is 529 g/mol. The average molecular weight is 566 g/mol. The van der Waals surface area contributed by atoms with Crippen LogP contribution in [-0.2, 0) is 19.5 Å². The van der Waals surface area contributed by atoms with Gasteiger partial charge in [-0.1, -0.05) is 51.1 Å². The van der Waals surface area contributed by atoms with Crippen LogP contribution < -0.4 is 10.6 Å². The number of guanidine groups is 1. The number of halogens is 1. The Morgan fingerprint density at radius 2 is 1.88 bits per heavy atom. The maximum atomic E-state index is 5.45. The molecule has 3 rings (SSSR count). The summed E-state index contributed by atoms with van der Waals surface area (Å²) >= 11 is 0. The minimum atomic E-state index is 0. The third-order valence-electron chi connectivity index (χ3n) is 5.53. The van der Waals surface area contributed by atoms with Crippen LogP contribution in [0.4, 0.5) is 0 Å². The molecule has 33 heavy (non-hydrogen) atoms. The Balaban J connectivity index is 0.00000385. The van der Waals surface area contributed by atoms with E-state index in [1.165, 1.54) is 5.56 Å². The van der Waals surface area contributed by atoms with Gasteiger partial charge in [0.15, 0.2) is 5.96 Å². The fraction of sp³-hybridized carbons (Fsp3) is 0.458. The quantitative estimate of drug-likeness (QED) is 0.197. The second-order valence-corrected chi connectivity index (χ2v) is 7.49. The highest BCUT2D eigenvalue weighted by molar-refractivity contribution is 14.0. The predicted octanol–water partition coefficient (Wildman–Crippen LogP) is 3.87. The fourth-order valence-corrected chi connectivity index (χ4v) is 3.76. The van der Waals surface area contributed by atoms with Crippen molar-refractivity contribution in [2.75, 3.05) is 26.2 Å². The van der Waals surface area contributed by atoms with Gasteiger partial charge in [0.2, 0.25) is 0 Å². The van der Waals surface area contributed by atoms with Crippen LogP contribution >= 0.6 is 24.0 Å². The van der Waals surface area contributed by atoms with Crippen LogP contribution in [0.3, 0.4) is 0 Å². The molecule has 1 aromatic carbocycles. The van der Waals surface area contributed by atoms with E-state index in [1.54, 1.807) is 12.6 Å². The molecule has 0 aliphatic heterocycles. The molecule has 0 radical (unpaired) electrons. The monoisotopic (exact) mass is 565 g/mol. The number of aromatic nitrogens is 3. The Hall–Kier alpha value is -2.40. The van der Waals surface area contributed by atoms with Crippen molar-refractivity contribution in [3.8, 4) is 0 Å². The Kier molecular flexibility index (Phi) is 12.0. The van der Waals surface area contributed by atoms with E-state index in [0.29, 0.717) is 6.54 Å². The lowest BCUT2D eigenvalue weighted by atomic mass is 10.1. The van der Waals surface area contributed by atoms with Gasteiger partial charge in [-0.3, -0.25) is 4.90 Å². The average Bonchev–Trinajstić information content (AvgIpc) is 3.52. The van der Waals surface area contributed by atoms with Crippen LogP contribution in [0.15, 0.2) is 64.5 Å². The topological polar surface area (TPSA) is 83.5 Å². The molecule has 0 saturated carbocycles. The summed E-state index contributed by atoms with van der Waals surface area (Å²) in [6.07, 6.45) is 4.31. The number of furan rings is 1. The van der Waals surface area contributed by atoms with E-state index < -0.39 is 0 Å². The molecule has 8 nitrogen and oxygen atoms in total. The molecule has 3 aromatic rings. The van der Waals surface area contributed by atoms with E-state index in [1.807, 2.05) is 12.1 Å². The van der Waals surface area contributed by atoms with Crippen molar-refractivity contribution in [3.63, 3.8) is 0 Å². The summed E-state index contributed by atoms with van der Waals surface area (Å²) in [6.45, 7) is 11.2. The second-order valence-electron chi connectivity index (χ2n) is 7.49. The van der Waals surface area contributed by atoms with Crippen molar-refractivity contribution in [2.24, 2.45) is 4.99 Å². The van der Waals surface area contributed by atoms with E-state index in [0.717, 1.165) is 56.7 Å². The van der Waals surface area contributed by atoms with E-state index in [2.05, 4.69) is 81.4 Å². The molecule has 180 valence electrons.